The Balaban J connectivity index is 1.66. The summed E-state index contributed by atoms with van der Waals surface area (Å²) < 4.78 is 11.5. The minimum Gasteiger partial charge on any atom is -0.486 e. The van der Waals surface area contributed by atoms with E-state index >= 15 is 0 Å². The summed E-state index contributed by atoms with van der Waals surface area (Å²) in [6.45, 7) is 3.49. The molecule has 1 atom stereocenters. The molecule has 0 amide bonds. The second-order valence-corrected chi connectivity index (χ2v) is 6.40. The van der Waals surface area contributed by atoms with E-state index in [1.807, 2.05) is 24.3 Å². The summed E-state index contributed by atoms with van der Waals surface area (Å²) in [4.78, 5) is 9.73. The van der Waals surface area contributed by atoms with Crippen LogP contribution in [0.1, 0.15) is 12.0 Å². The number of fused-ring (bicyclic) bond motifs is 1. The molecule has 6 heteroatoms. The van der Waals surface area contributed by atoms with E-state index < -0.39 is 0 Å². The topological polar surface area (TPSA) is 56.3 Å². The van der Waals surface area contributed by atoms with Crippen LogP contribution < -0.4 is 10.1 Å². The zero-order valence-electron chi connectivity index (χ0n) is 12.8. The van der Waals surface area contributed by atoms with Crippen molar-refractivity contribution in [3.05, 3.63) is 41.5 Å². The molecule has 0 spiro atoms. The van der Waals surface area contributed by atoms with Gasteiger partial charge in [0.25, 0.3) is 0 Å². The first-order chi connectivity index (χ1) is 11.3. The number of aryl methyl sites for hydroxylation is 1. The standard InChI is InChI=1S/C17H17N3O2S/c1-11-9-23-17-15(11)16(18-10-19-17)20-13-4-2-3-5-14(13)22-12-6-7-21-8-12/h2-5,9-10,12H,6-8H2,1H3,(H,18,19,20)/t12-/m1/s1. The van der Waals surface area contributed by atoms with Gasteiger partial charge in [-0.1, -0.05) is 12.1 Å². The second kappa shape index (κ2) is 6.14. The Morgan fingerprint density at radius 2 is 2.22 bits per heavy atom. The Morgan fingerprint density at radius 3 is 3.09 bits per heavy atom. The van der Waals surface area contributed by atoms with Crippen LogP contribution in [0.15, 0.2) is 36.0 Å². The fourth-order valence-corrected chi connectivity index (χ4v) is 3.59. The zero-order chi connectivity index (χ0) is 15.6. The predicted molar refractivity (Wildman–Crippen MR) is 91.7 cm³/mol. The van der Waals surface area contributed by atoms with Crippen LogP contribution in [0.25, 0.3) is 10.2 Å². The van der Waals surface area contributed by atoms with Crippen molar-refractivity contribution in [3.63, 3.8) is 0 Å². The molecule has 1 saturated heterocycles. The van der Waals surface area contributed by atoms with Gasteiger partial charge in [0, 0.05) is 6.42 Å². The van der Waals surface area contributed by atoms with Gasteiger partial charge in [-0.25, -0.2) is 9.97 Å². The molecule has 1 N–H and O–H groups in total. The first-order valence-electron chi connectivity index (χ1n) is 7.60. The van der Waals surface area contributed by atoms with Crippen molar-refractivity contribution >= 4 is 33.1 Å². The molecule has 1 fully saturated rings. The summed E-state index contributed by atoms with van der Waals surface area (Å²) in [5.74, 6) is 1.63. The summed E-state index contributed by atoms with van der Waals surface area (Å²) in [6, 6.07) is 7.93. The van der Waals surface area contributed by atoms with E-state index in [0.29, 0.717) is 6.61 Å². The number of para-hydroxylation sites is 2. The third-order valence-electron chi connectivity index (χ3n) is 3.88. The van der Waals surface area contributed by atoms with E-state index in [4.69, 9.17) is 9.47 Å². The van der Waals surface area contributed by atoms with Gasteiger partial charge in [0.05, 0.1) is 24.3 Å². The van der Waals surface area contributed by atoms with Gasteiger partial charge in [0.1, 0.15) is 28.8 Å². The smallest absolute Gasteiger partial charge is 0.143 e. The number of anilines is 2. The van der Waals surface area contributed by atoms with Crippen molar-refractivity contribution < 1.29 is 9.47 Å². The van der Waals surface area contributed by atoms with Crippen LogP contribution >= 0.6 is 11.3 Å². The molecule has 4 rings (SSSR count). The molecule has 0 aliphatic carbocycles. The average Bonchev–Trinajstić information content (AvgIpc) is 3.20. The minimum absolute atomic E-state index is 0.117. The SMILES string of the molecule is Cc1csc2ncnc(Nc3ccccc3O[C@@H]3CCOC3)c12. The molecule has 1 aliphatic heterocycles. The number of ether oxygens (including phenoxy) is 2. The van der Waals surface area contributed by atoms with Crippen molar-refractivity contribution in [1.82, 2.24) is 9.97 Å². The van der Waals surface area contributed by atoms with Crippen LogP contribution in [-0.2, 0) is 4.74 Å². The van der Waals surface area contributed by atoms with Crippen LogP contribution in [0.4, 0.5) is 11.5 Å². The number of nitrogens with zero attached hydrogens (tertiary/aromatic N) is 2. The summed E-state index contributed by atoms with van der Waals surface area (Å²) in [7, 11) is 0. The van der Waals surface area contributed by atoms with E-state index in [1.54, 1.807) is 17.7 Å². The number of aromatic nitrogens is 2. The van der Waals surface area contributed by atoms with E-state index in [1.165, 1.54) is 5.56 Å². The molecule has 0 saturated carbocycles. The van der Waals surface area contributed by atoms with E-state index in [2.05, 4.69) is 27.6 Å². The summed E-state index contributed by atoms with van der Waals surface area (Å²) >= 11 is 1.63. The maximum atomic E-state index is 6.07. The van der Waals surface area contributed by atoms with Crippen molar-refractivity contribution in [3.8, 4) is 5.75 Å². The highest BCUT2D eigenvalue weighted by molar-refractivity contribution is 7.17. The molecular weight excluding hydrogens is 310 g/mol. The lowest BCUT2D eigenvalue weighted by Crippen LogP contribution is -2.16. The zero-order valence-corrected chi connectivity index (χ0v) is 13.6. The van der Waals surface area contributed by atoms with Crippen LogP contribution in [0.2, 0.25) is 0 Å². The Bertz CT molecular complexity index is 828. The molecule has 1 aliphatic rings. The molecule has 0 unspecified atom stereocenters. The Labute approximate surface area is 138 Å². The van der Waals surface area contributed by atoms with Crippen LogP contribution in [0.3, 0.4) is 0 Å². The molecule has 1 aromatic carbocycles. The fraction of sp³-hybridized carbons (Fsp3) is 0.294. The average molecular weight is 327 g/mol. The first kappa shape index (κ1) is 14.4. The number of nitrogens with one attached hydrogen (secondary N) is 1. The molecule has 23 heavy (non-hydrogen) atoms. The Hall–Kier alpha value is -2.18. The molecule has 3 heterocycles. The van der Waals surface area contributed by atoms with Gasteiger partial charge in [-0.3, -0.25) is 0 Å². The van der Waals surface area contributed by atoms with Crippen LogP contribution in [0, 0.1) is 6.92 Å². The maximum Gasteiger partial charge on any atom is 0.143 e. The van der Waals surface area contributed by atoms with E-state index in [0.717, 1.165) is 40.5 Å². The summed E-state index contributed by atoms with van der Waals surface area (Å²) in [5.41, 5.74) is 2.08. The van der Waals surface area contributed by atoms with Gasteiger partial charge >= 0.3 is 0 Å². The first-order valence-corrected chi connectivity index (χ1v) is 8.48. The highest BCUT2D eigenvalue weighted by Gasteiger charge is 2.19. The third kappa shape index (κ3) is 2.87. The van der Waals surface area contributed by atoms with Gasteiger partial charge in [-0.15, -0.1) is 11.3 Å². The maximum absolute atomic E-state index is 6.07. The van der Waals surface area contributed by atoms with Gasteiger partial charge in [-0.2, -0.15) is 0 Å². The highest BCUT2D eigenvalue weighted by atomic mass is 32.1. The van der Waals surface area contributed by atoms with Crippen molar-refractivity contribution in [1.29, 1.82) is 0 Å². The van der Waals surface area contributed by atoms with Crippen molar-refractivity contribution in [2.24, 2.45) is 0 Å². The van der Waals surface area contributed by atoms with Crippen molar-refractivity contribution in [2.45, 2.75) is 19.4 Å². The molecular formula is C17H17N3O2S. The molecule has 2 aromatic heterocycles. The van der Waals surface area contributed by atoms with E-state index in [9.17, 15) is 0 Å². The second-order valence-electron chi connectivity index (χ2n) is 5.55. The van der Waals surface area contributed by atoms with E-state index in [-0.39, 0.29) is 6.10 Å². The lowest BCUT2D eigenvalue weighted by molar-refractivity contribution is 0.142. The normalized spacial score (nSPS) is 17.5. The Morgan fingerprint density at radius 1 is 1.30 bits per heavy atom. The highest BCUT2D eigenvalue weighted by Crippen LogP contribution is 2.33. The monoisotopic (exact) mass is 327 g/mol. The van der Waals surface area contributed by atoms with Gasteiger partial charge in [-0.05, 0) is 30.0 Å². The third-order valence-corrected chi connectivity index (χ3v) is 4.88. The van der Waals surface area contributed by atoms with Crippen molar-refractivity contribution in [2.75, 3.05) is 18.5 Å². The summed E-state index contributed by atoms with van der Waals surface area (Å²) in [5, 5.41) is 6.57. The number of benzene rings is 1. The van der Waals surface area contributed by atoms with Crippen LogP contribution in [-0.4, -0.2) is 29.3 Å². The van der Waals surface area contributed by atoms with Crippen LogP contribution in [0.5, 0.6) is 5.75 Å². The molecule has 0 bridgehead atoms. The lowest BCUT2D eigenvalue weighted by Gasteiger charge is -2.16. The van der Waals surface area contributed by atoms with Gasteiger partial charge in [0.2, 0.25) is 0 Å². The number of hydrogen-bond donors (Lipinski definition) is 1. The lowest BCUT2D eigenvalue weighted by atomic mass is 10.2. The largest absolute Gasteiger partial charge is 0.486 e. The molecule has 118 valence electrons. The fourth-order valence-electron chi connectivity index (χ4n) is 2.70. The summed E-state index contributed by atoms with van der Waals surface area (Å²) in [6.07, 6.45) is 2.64. The molecule has 3 aromatic rings. The minimum atomic E-state index is 0.117. The number of rotatable bonds is 4. The number of hydrogen-bond acceptors (Lipinski definition) is 6. The Kier molecular flexibility index (Phi) is 3.85. The van der Waals surface area contributed by atoms with Gasteiger partial charge < -0.3 is 14.8 Å². The quantitative estimate of drug-likeness (QED) is 0.787. The molecule has 0 radical (unpaired) electrons. The molecule has 5 nitrogen and oxygen atoms in total. The van der Waals surface area contributed by atoms with Gasteiger partial charge in [0.15, 0.2) is 0 Å². The predicted octanol–water partition coefficient (Wildman–Crippen LogP) is 3.91. The number of thiophene rings is 1.